The molecule has 3 rings (SSSR count). The quantitative estimate of drug-likeness (QED) is 0.665. The Balaban J connectivity index is 1.78. The van der Waals surface area contributed by atoms with E-state index < -0.39 is 0 Å². The van der Waals surface area contributed by atoms with Crippen molar-refractivity contribution in [3.05, 3.63) is 70.6 Å². The first-order valence-electron chi connectivity index (χ1n) is 8.28. The average Bonchev–Trinajstić information content (AvgIpc) is 2.65. The van der Waals surface area contributed by atoms with E-state index in [-0.39, 0.29) is 11.6 Å². The summed E-state index contributed by atoms with van der Waals surface area (Å²) < 4.78 is 5.11. The van der Waals surface area contributed by atoms with Crippen molar-refractivity contribution < 1.29 is 9.53 Å². The number of nitrogens with one attached hydrogen (secondary N) is 2. The van der Waals surface area contributed by atoms with E-state index in [0.717, 1.165) is 16.8 Å². The van der Waals surface area contributed by atoms with Crippen molar-refractivity contribution in [1.82, 2.24) is 9.97 Å². The lowest BCUT2D eigenvalue weighted by atomic mass is 10.1. The van der Waals surface area contributed by atoms with Crippen molar-refractivity contribution >= 4 is 34.7 Å². The molecule has 0 saturated carbocycles. The van der Waals surface area contributed by atoms with Crippen LogP contribution in [-0.2, 0) is 0 Å². The van der Waals surface area contributed by atoms with Gasteiger partial charge in [-0.2, -0.15) is 0 Å². The minimum Gasteiger partial charge on any atom is -0.495 e. The minimum absolute atomic E-state index is 0.241. The number of carbonyl (C=O) groups excluding carboxylic acids is 1. The van der Waals surface area contributed by atoms with E-state index in [0.29, 0.717) is 22.3 Å². The molecular weight excluding hydrogens is 364 g/mol. The van der Waals surface area contributed by atoms with E-state index in [4.69, 9.17) is 16.3 Å². The Labute approximate surface area is 162 Å². The molecule has 6 nitrogen and oxygen atoms in total. The summed E-state index contributed by atoms with van der Waals surface area (Å²) in [4.78, 5) is 20.8. The monoisotopic (exact) mass is 382 g/mol. The second kappa shape index (κ2) is 8.05. The van der Waals surface area contributed by atoms with Gasteiger partial charge in [0, 0.05) is 17.4 Å². The van der Waals surface area contributed by atoms with Crippen LogP contribution in [0.2, 0.25) is 5.02 Å². The number of benzene rings is 2. The number of carbonyl (C=O) groups is 1. The number of methoxy groups -OCH3 is 1. The number of rotatable bonds is 5. The highest BCUT2D eigenvalue weighted by molar-refractivity contribution is 6.32. The fourth-order valence-electron chi connectivity index (χ4n) is 2.63. The van der Waals surface area contributed by atoms with Crippen LogP contribution < -0.4 is 15.4 Å². The van der Waals surface area contributed by atoms with E-state index in [1.54, 1.807) is 24.3 Å². The largest absolute Gasteiger partial charge is 0.495 e. The topological polar surface area (TPSA) is 76.1 Å². The molecule has 1 heterocycles. The van der Waals surface area contributed by atoms with Gasteiger partial charge in [0.05, 0.1) is 12.1 Å². The van der Waals surface area contributed by atoms with Gasteiger partial charge in [-0.1, -0.05) is 29.8 Å². The van der Waals surface area contributed by atoms with Crippen molar-refractivity contribution in [3.63, 3.8) is 0 Å². The molecule has 0 saturated heterocycles. The smallest absolute Gasteiger partial charge is 0.274 e. The second-order valence-electron chi connectivity index (χ2n) is 5.98. The summed E-state index contributed by atoms with van der Waals surface area (Å²) in [5.41, 5.74) is 3.93. The molecule has 3 aromatic rings. The number of nitrogens with zero attached hydrogens (tertiary/aromatic N) is 2. The first kappa shape index (κ1) is 18.7. The van der Waals surface area contributed by atoms with Gasteiger partial charge in [-0.3, -0.25) is 4.79 Å². The second-order valence-corrected chi connectivity index (χ2v) is 6.39. The third-order valence-electron chi connectivity index (χ3n) is 4.04. The molecule has 2 aromatic carbocycles. The highest BCUT2D eigenvalue weighted by atomic mass is 35.5. The lowest BCUT2D eigenvalue weighted by molar-refractivity contribution is 0.102. The molecule has 0 atom stereocenters. The maximum Gasteiger partial charge on any atom is 0.274 e. The van der Waals surface area contributed by atoms with Crippen molar-refractivity contribution in [2.45, 2.75) is 13.8 Å². The maximum atomic E-state index is 12.5. The van der Waals surface area contributed by atoms with Crippen LogP contribution >= 0.6 is 11.6 Å². The number of amides is 1. The molecule has 0 aliphatic heterocycles. The molecule has 7 heteroatoms. The third-order valence-corrected chi connectivity index (χ3v) is 4.34. The van der Waals surface area contributed by atoms with E-state index in [9.17, 15) is 4.79 Å². The van der Waals surface area contributed by atoms with Crippen LogP contribution in [0.5, 0.6) is 5.75 Å². The number of hydrogen-bond donors (Lipinski definition) is 2. The van der Waals surface area contributed by atoms with E-state index in [1.165, 1.54) is 13.4 Å². The Morgan fingerprint density at radius 2 is 1.81 bits per heavy atom. The molecule has 0 bridgehead atoms. The maximum absolute atomic E-state index is 12.5. The molecule has 138 valence electrons. The number of ether oxygens (including phenoxy) is 1. The Bertz CT molecular complexity index is 971. The van der Waals surface area contributed by atoms with Crippen molar-refractivity contribution in [1.29, 1.82) is 0 Å². The van der Waals surface area contributed by atoms with Gasteiger partial charge >= 0.3 is 0 Å². The summed E-state index contributed by atoms with van der Waals surface area (Å²) in [7, 11) is 1.53. The van der Waals surface area contributed by atoms with Crippen LogP contribution in [0.1, 0.15) is 21.6 Å². The number of para-hydroxylation sites is 1. The Morgan fingerprint density at radius 3 is 2.48 bits per heavy atom. The summed E-state index contributed by atoms with van der Waals surface area (Å²) >= 11 is 6.09. The van der Waals surface area contributed by atoms with Gasteiger partial charge in [-0.15, -0.1) is 0 Å². The fourth-order valence-corrected chi connectivity index (χ4v) is 2.89. The zero-order valence-electron chi connectivity index (χ0n) is 15.2. The average molecular weight is 383 g/mol. The van der Waals surface area contributed by atoms with Crippen molar-refractivity contribution in [3.8, 4) is 5.75 Å². The van der Waals surface area contributed by atoms with Crippen LogP contribution in [0.3, 0.4) is 0 Å². The predicted octanol–water partition coefficient (Wildman–Crippen LogP) is 4.75. The standard InChI is InChI=1S/C20H19ClN4O2/c1-12-5-4-6-13(2)19(12)25-18-10-16(22-11-23-18)20(26)24-14-7-8-17(27-3)15(21)9-14/h4-11H,1-3H3,(H,24,26)(H,22,23,25). The Hall–Kier alpha value is -3.12. The van der Waals surface area contributed by atoms with Crippen molar-refractivity contribution in [2.24, 2.45) is 0 Å². The molecule has 2 N–H and O–H groups in total. The molecule has 0 unspecified atom stereocenters. The zero-order chi connectivity index (χ0) is 19.4. The van der Waals surface area contributed by atoms with Gasteiger partial charge in [0.25, 0.3) is 5.91 Å². The molecule has 0 fully saturated rings. The van der Waals surface area contributed by atoms with Gasteiger partial charge in [-0.25, -0.2) is 9.97 Å². The lowest BCUT2D eigenvalue weighted by Gasteiger charge is -2.12. The van der Waals surface area contributed by atoms with Gasteiger partial charge in [-0.05, 0) is 43.2 Å². The van der Waals surface area contributed by atoms with E-state index >= 15 is 0 Å². The normalized spacial score (nSPS) is 10.4. The summed E-state index contributed by atoms with van der Waals surface area (Å²) in [6.45, 7) is 4.02. The van der Waals surface area contributed by atoms with Gasteiger partial charge in [0.1, 0.15) is 23.6 Å². The SMILES string of the molecule is COc1ccc(NC(=O)c2cc(Nc3c(C)cccc3C)ncn2)cc1Cl. The van der Waals surface area contributed by atoms with Crippen LogP contribution in [0, 0.1) is 13.8 Å². The van der Waals surface area contributed by atoms with E-state index in [1.807, 2.05) is 32.0 Å². The molecule has 0 spiro atoms. The Kier molecular flexibility index (Phi) is 5.57. The van der Waals surface area contributed by atoms with Crippen LogP contribution in [0.15, 0.2) is 48.8 Å². The summed E-state index contributed by atoms with van der Waals surface area (Å²) in [6.07, 6.45) is 1.35. The number of anilines is 3. The molecule has 0 radical (unpaired) electrons. The molecule has 27 heavy (non-hydrogen) atoms. The van der Waals surface area contributed by atoms with Gasteiger partial charge in [0.15, 0.2) is 0 Å². The van der Waals surface area contributed by atoms with Gasteiger partial charge < -0.3 is 15.4 Å². The Morgan fingerprint density at radius 1 is 1.07 bits per heavy atom. The first-order valence-corrected chi connectivity index (χ1v) is 8.66. The van der Waals surface area contributed by atoms with E-state index in [2.05, 4.69) is 20.6 Å². The summed E-state index contributed by atoms with van der Waals surface area (Å²) in [5.74, 6) is 0.722. The highest BCUT2D eigenvalue weighted by Crippen LogP contribution is 2.27. The van der Waals surface area contributed by atoms with Gasteiger partial charge in [0.2, 0.25) is 0 Å². The number of hydrogen-bond acceptors (Lipinski definition) is 5. The molecular formula is C20H19ClN4O2. The molecule has 1 aromatic heterocycles. The van der Waals surface area contributed by atoms with Crippen LogP contribution in [-0.4, -0.2) is 23.0 Å². The molecule has 0 aliphatic rings. The fraction of sp³-hybridized carbons (Fsp3) is 0.150. The summed E-state index contributed by atoms with van der Waals surface area (Å²) in [6, 6.07) is 12.6. The number of aryl methyl sites for hydroxylation is 2. The number of aromatic nitrogens is 2. The number of halogens is 1. The predicted molar refractivity (Wildman–Crippen MR) is 107 cm³/mol. The third kappa shape index (κ3) is 4.35. The summed E-state index contributed by atoms with van der Waals surface area (Å²) in [5, 5.41) is 6.43. The zero-order valence-corrected chi connectivity index (χ0v) is 16.0. The minimum atomic E-state index is -0.358. The van der Waals surface area contributed by atoms with Crippen LogP contribution in [0.25, 0.3) is 0 Å². The molecule has 0 aliphatic carbocycles. The lowest BCUT2D eigenvalue weighted by Crippen LogP contribution is -2.14. The van der Waals surface area contributed by atoms with Crippen LogP contribution in [0.4, 0.5) is 17.2 Å². The van der Waals surface area contributed by atoms with Crippen molar-refractivity contribution in [2.75, 3.05) is 17.7 Å². The highest BCUT2D eigenvalue weighted by Gasteiger charge is 2.12. The molecule has 1 amide bonds. The first-order chi connectivity index (χ1) is 13.0.